The number of anilines is 2. The van der Waals surface area contributed by atoms with E-state index in [1.165, 1.54) is 34.4 Å². The molecule has 0 aliphatic heterocycles. The minimum atomic E-state index is -0.113. The van der Waals surface area contributed by atoms with Gasteiger partial charge < -0.3 is 11.1 Å². The van der Waals surface area contributed by atoms with Gasteiger partial charge in [-0.25, -0.2) is 4.98 Å². The standard InChI is InChI=1S/C8H9N5OS3/c1-4-2-15-7(10-4)11-5(14)3-16-8-13-12-6(9)17-8/h2H,3H2,1H3,(H2,9,12)(H,10,11,14). The number of nitrogens with one attached hydrogen (secondary N) is 1. The molecule has 0 unspecified atom stereocenters. The van der Waals surface area contributed by atoms with Gasteiger partial charge in [-0.05, 0) is 6.92 Å². The minimum absolute atomic E-state index is 0.113. The van der Waals surface area contributed by atoms with Crippen LogP contribution in [0.4, 0.5) is 10.3 Å². The van der Waals surface area contributed by atoms with Crippen molar-refractivity contribution in [1.82, 2.24) is 15.2 Å². The Morgan fingerprint density at radius 3 is 3.00 bits per heavy atom. The summed E-state index contributed by atoms with van der Waals surface area (Å²) in [5, 5.41) is 13.1. The number of nitrogen functional groups attached to an aromatic ring is 1. The third-order valence-electron chi connectivity index (χ3n) is 1.61. The first-order valence-electron chi connectivity index (χ1n) is 4.57. The van der Waals surface area contributed by atoms with Gasteiger partial charge in [0.2, 0.25) is 11.0 Å². The van der Waals surface area contributed by atoms with Crippen molar-refractivity contribution in [2.45, 2.75) is 11.3 Å². The molecule has 2 aromatic rings. The van der Waals surface area contributed by atoms with Gasteiger partial charge in [0.1, 0.15) is 0 Å². The number of thiazole rings is 1. The van der Waals surface area contributed by atoms with Crippen LogP contribution in [0.25, 0.3) is 0 Å². The van der Waals surface area contributed by atoms with Crippen LogP contribution in [-0.2, 0) is 4.79 Å². The van der Waals surface area contributed by atoms with E-state index < -0.39 is 0 Å². The first-order valence-corrected chi connectivity index (χ1v) is 7.25. The molecule has 0 spiro atoms. The molecular formula is C8H9N5OS3. The lowest BCUT2D eigenvalue weighted by molar-refractivity contribution is -0.113. The molecule has 0 aromatic carbocycles. The fourth-order valence-electron chi connectivity index (χ4n) is 0.973. The van der Waals surface area contributed by atoms with Crippen LogP contribution in [0.3, 0.4) is 0 Å². The van der Waals surface area contributed by atoms with Gasteiger partial charge in [0.15, 0.2) is 9.47 Å². The zero-order valence-corrected chi connectivity index (χ0v) is 11.3. The average molecular weight is 287 g/mol. The van der Waals surface area contributed by atoms with Crippen molar-refractivity contribution in [1.29, 1.82) is 0 Å². The molecule has 0 radical (unpaired) electrons. The van der Waals surface area contributed by atoms with E-state index in [1.807, 2.05) is 12.3 Å². The second-order valence-corrected chi connectivity index (χ2v) is 6.13. The average Bonchev–Trinajstić information content (AvgIpc) is 2.85. The van der Waals surface area contributed by atoms with Crippen LogP contribution in [0.15, 0.2) is 9.72 Å². The maximum atomic E-state index is 11.6. The molecule has 6 nitrogen and oxygen atoms in total. The number of hydrogen-bond donors (Lipinski definition) is 2. The molecule has 2 heterocycles. The molecule has 3 N–H and O–H groups in total. The van der Waals surface area contributed by atoms with Crippen LogP contribution in [0.5, 0.6) is 0 Å². The zero-order chi connectivity index (χ0) is 12.3. The highest BCUT2D eigenvalue weighted by Gasteiger charge is 2.08. The summed E-state index contributed by atoms with van der Waals surface area (Å²) in [5.41, 5.74) is 6.33. The molecule has 90 valence electrons. The molecule has 0 saturated carbocycles. The highest BCUT2D eigenvalue weighted by atomic mass is 32.2. The Morgan fingerprint density at radius 2 is 2.41 bits per heavy atom. The van der Waals surface area contributed by atoms with Crippen LogP contribution in [0.2, 0.25) is 0 Å². The third-order valence-corrected chi connectivity index (χ3v) is 4.38. The van der Waals surface area contributed by atoms with Crippen molar-refractivity contribution in [2.24, 2.45) is 0 Å². The maximum Gasteiger partial charge on any atom is 0.236 e. The van der Waals surface area contributed by atoms with E-state index in [-0.39, 0.29) is 11.7 Å². The Hall–Kier alpha value is -1.19. The lowest BCUT2D eigenvalue weighted by atomic mass is 10.6. The molecule has 0 aliphatic carbocycles. The van der Waals surface area contributed by atoms with Gasteiger partial charge in [-0.2, -0.15) is 0 Å². The predicted molar refractivity (Wildman–Crippen MR) is 70.5 cm³/mol. The number of carbonyl (C=O) groups excluding carboxylic acids is 1. The largest absolute Gasteiger partial charge is 0.374 e. The molecular weight excluding hydrogens is 278 g/mol. The molecule has 0 fully saturated rings. The quantitative estimate of drug-likeness (QED) is 0.830. The molecule has 0 atom stereocenters. The van der Waals surface area contributed by atoms with E-state index in [0.717, 1.165) is 5.69 Å². The number of aromatic nitrogens is 3. The molecule has 0 saturated heterocycles. The Kier molecular flexibility index (Phi) is 3.92. The number of nitrogens with zero attached hydrogens (tertiary/aromatic N) is 3. The number of rotatable bonds is 4. The Bertz CT molecular complexity index is 523. The summed E-state index contributed by atoms with van der Waals surface area (Å²) in [6, 6.07) is 0. The number of nitrogens with two attached hydrogens (primary N) is 1. The summed E-state index contributed by atoms with van der Waals surface area (Å²) >= 11 is 3.98. The molecule has 0 bridgehead atoms. The summed E-state index contributed by atoms with van der Waals surface area (Å²) < 4.78 is 0.688. The summed E-state index contributed by atoms with van der Waals surface area (Å²) in [7, 11) is 0. The maximum absolute atomic E-state index is 11.6. The van der Waals surface area contributed by atoms with E-state index in [2.05, 4.69) is 20.5 Å². The van der Waals surface area contributed by atoms with E-state index >= 15 is 0 Å². The fraction of sp³-hybridized carbons (Fsp3) is 0.250. The summed E-state index contributed by atoms with van der Waals surface area (Å²) in [4.78, 5) is 15.7. The smallest absolute Gasteiger partial charge is 0.236 e. The first-order chi connectivity index (χ1) is 8.13. The molecule has 0 aliphatic rings. The number of thioether (sulfide) groups is 1. The molecule has 9 heteroatoms. The van der Waals surface area contributed by atoms with Crippen molar-refractivity contribution < 1.29 is 4.79 Å². The predicted octanol–water partition coefficient (Wildman–Crippen LogP) is 1.62. The fourth-order valence-corrected chi connectivity index (χ4v) is 3.11. The summed E-state index contributed by atoms with van der Waals surface area (Å²) in [5.74, 6) is 0.158. The van der Waals surface area contributed by atoms with Crippen LogP contribution >= 0.6 is 34.4 Å². The summed E-state index contributed by atoms with van der Waals surface area (Å²) in [6.07, 6.45) is 0. The van der Waals surface area contributed by atoms with Gasteiger partial charge in [0, 0.05) is 5.38 Å². The second kappa shape index (κ2) is 5.43. The highest BCUT2D eigenvalue weighted by Crippen LogP contribution is 2.23. The lowest BCUT2D eigenvalue weighted by Gasteiger charge is -1.98. The van der Waals surface area contributed by atoms with Gasteiger partial charge in [0.25, 0.3) is 0 Å². The van der Waals surface area contributed by atoms with E-state index in [9.17, 15) is 4.79 Å². The number of amides is 1. The van der Waals surface area contributed by atoms with E-state index in [0.29, 0.717) is 14.6 Å². The number of aryl methyl sites for hydroxylation is 1. The molecule has 17 heavy (non-hydrogen) atoms. The van der Waals surface area contributed by atoms with Crippen molar-refractivity contribution in [2.75, 3.05) is 16.8 Å². The van der Waals surface area contributed by atoms with Crippen molar-refractivity contribution in [3.8, 4) is 0 Å². The van der Waals surface area contributed by atoms with Gasteiger partial charge >= 0.3 is 0 Å². The summed E-state index contributed by atoms with van der Waals surface area (Å²) in [6.45, 7) is 1.88. The lowest BCUT2D eigenvalue weighted by Crippen LogP contribution is -2.13. The molecule has 2 rings (SSSR count). The van der Waals surface area contributed by atoms with E-state index in [1.54, 1.807) is 0 Å². The van der Waals surface area contributed by atoms with Crippen molar-refractivity contribution in [3.63, 3.8) is 0 Å². The van der Waals surface area contributed by atoms with Crippen molar-refractivity contribution >= 4 is 50.6 Å². The first kappa shape index (κ1) is 12.3. The number of carbonyl (C=O) groups is 1. The minimum Gasteiger partial charge on any atom is -0.374 e. The van der Waals surface area contributed by atoms with Gasteiger partial charge in [-0.3, -0.25) is 4.79 Å². The normalized spacial score (nSPS) is 10.4. The number of hydrogen-bond acceptors (Lipinski definition) is 8. The Balaban J connectivity index is 1.82. The molecule has 1 amide bonds. The zero-order valence-electron chi connectivity index (χ0n) is 8.84. The van der Waals surface area contributed by atoms with Crippen LogP contribution < -0.4 is 11.1 Å². The SMILES string of the molecule is Cc1csc(NC(=O)CSc2nnc(N)s2)n1. The third kappa shape index (κ3) is 3.65. The highest BCUT2D eigenvalue weighted by molar-refractivity contribution is 8.01. The van der Waals surface area contributed by atoms with Gasteiger partial charge in [0.05, 0.1) is 11.4 Å². The monoisotopic (exact) mass is 287 g/mol. The van der Waals surface area contributed by atoms with Gasteiger partial charge in [-0.1, -0.05) is 23.1 Å². The van der Waals surface area contributed by atoms with E-state index in [4.69, 9.17) is 5.73 Å². The van der Waals surface area contributed by atoms with Crippen molar-refractivity contribution in [3.05, 3.63) is 11.1 Å². The Morgan fingerprint density at radius 1 is 1.59 bits per heavy atom. The van der Waals surface area contributed by atoms with Crippen LogP contribution in [-0.4, -0.2) is 26.8 Å². The van der Waals surface area contributed by atoms with Crippen LogP contribution in [0, 0.1) is 6.92 Å². The Labute approximate surface area is 110 Å². The molecule has 2 aromatic heterocycles. The topological polar surface area (TPSA) is 93.8 Å². The van der Waals surface area contributed by atoms with Gasteiger partial charge in [-0.15, -0.1) is 21.5 Å². The van der Waals surface area contributed by atoms with Crippen LogP contribution in [0.1, 0.15) is 5.69 Å². The second-order valence-electron chi connectivity index (χ2n) is 3.04.